The Labute approximate surface area is 118 Å². The van der Waals surface area contributed by atoms with Gasteiger partial charge in [0.1, 0.15) is 0 Å². The Hall–Kier alpha value is -1.50. The van der Waals surface area contributed by atoms with E-state index in [1.54, 1.807) is 0 Å². The molecular weight excluding hydrogens is 333 g/mol. The molecule has 112 valence electrons. The van der Waals surface area contributed by atoms with Gasteiger partial charge in [0.05, 0.1) is 0 Å². The molecule has 20 heavy (non-hydrogen) atoms. The second kappa shape index (κ2) is 5.47. The van der Waals surface area contributed by atoms with Crippen molar-refractivity contribution in [2.24, 2.45) is 0 Å². The summed E-state index contributed by atoms with van der Waals surface area (Å²) in [5.74, 6) is -2.22. The van der Waals surface area contributed by atoms with Gasteiger partial charge in [-0.15, -0.1) is 0 Å². The number of aliphatic hydroxyl groups excluding tert-OH is 1. The van der Waals surface area contributed by atoms with Crippen LogP contribution in [0.1, 0.15) is 20.8 Å². The molecule has 2 atom stereocenters. The van der Waals surface area contributed by atoms with E-state index in [0.717, 1.165) is 19.9 Å². The van der Waals surface area contributed by atoms with Crippen LogP contribution in [-0.4, -0.2) is 45.1 Å². The molecule has 0 saturated carbocycles. The van der Waals surface area contributed by atoms with Crippen LogP contribution in [0.3, 0.4) is 0 Å². The predicted octanol–water partition coefficient (Wildman–Crippen LogP) is -0.492. The van der Waals surface area contributed by atoms with Crippen LogP contribution in [0.15, 0.2) is 23.5 Å². The summed E-state index contributed by atoms with van der Waals surface area (Å²) < 4.78 is 33.8. The van der Waals surface area contributed by atoms with Crippen molar-refractivity contribution in [2.75, 3.05) is 0 Å². The van der Waals surface area contributed by atoms with Crippen LogP contribution in [0.2, 0.25) is 4.71 Å². The number of aliphatic hydroxyl groups is 1. The van der Waals surface area contributed by atoms with E-state index in [-0.39, 0.29) is 5.57 Å². The number of hydrogen-bond donors (Lipinski definition) is 4. The van der Waals surface area contributed by atoms with Gasteiger partial charge >= 0.3 is 117 Å². The fraction of sp³-hybridized carbons (Fsp3) is 0.455. The van der Waals surface area contributed by atoms with Crippen LogP contribution in [-0.2, 0) is 18.1 Å². The Morgan fingerprint density at radius 1 is 1.40 bits per heavy atom. The van der Waals surface area contributed by atoms with Crippen LogP contribution in [0, 0.1) is 0 Å². The molecule has 2 unspecified atom stereocenters. The SMILES string of the molecule is CC(=O)NC1(OC(C)=O)C(O)=C(C)C=CC1[As](=O)(O)O. The predicted molar refractivity (Wildman–Crippen MR) is 67.4 cm³/mol. The zero-order valence-corrected chi connectivity index (χ0v) is 13.0. The van der Waals surface area contributed by atoms with E-state index >= 15 is 0 Å². The summed E-state index contributed by atoms with van der Waals surface area (Å²) in [5.41, 5.74) is -2.06. The Morgan fingerprint density at radius 3 is 2.35 bits per heavy atom. The second-order valence-corrected chi connectivity index (χ2v) is 8.07. The van der Waals surface area contributed by atoms with Gasteiger partial charge in [-0.2, -0.15) is 0 Å². The Kier molecular flexibility index (Phi) is 4.53. The average molecular weight is 349 g/mol. The molecule has 8 nitrogen and oxygen atoms in total. The maximum atomic E-state index is 11.6. The van der Waals surface area contributed by atoms with Gasteiger partial charge in [-0.3, -0.25) is 0 Å². The van der Waals surface area contributed by atoms with E-state index in [4.69, 9.17) is 4.74 Å². The van der Waals surface area contributed by atoms with E-state index in [9.17, 15) is 26.6 Å². The molecule has 9 heteroatoms. The molecule has 1 rings (SSSR count). The van der Waals surface area contributed by atoms with Crippen molar-refractivity contribution in [3.63, 3.8) is 0 Å². The number of hydrogen-bond acceptors (Lipinski definition) is 5. The van der Waals surface area contributed by atoms with E-state index in [1.165, 1.54) is 13.0 Å². The van der Waals surface area contributed by atoms with E-state index in [0.29, 0.717) is 0 Å². The monoisotopic (exact) mass is 349 g/mol. The van der Waals surface area contributed by atoms with Gasteiger partial charge in [0.15, 0.2) is 0 Å². The number of carbonyl (C=O) groups is 2. The van der Waals surface area contributed by atoms with Gasteiger partial charge in [0, 0.05) is 0 Å². The van der Waals surface area contributed by atoms with Crippen LogP contribution in [0.25, 0.3) is 0 Å². The van der Waals surface area contributed by atoms with Crippen molar-refractivity contribution in [1.82, 2.24) is 5.32 Å². The van der Waals surface area contributed by atoms with Gasteiger partial charge in [-0.1, -0.05) is 0 Å². The molecule has 0 heterocycles. The molecular formula is C11H16AsNO7. The van der Waals surface area contributed by atoms with Crippen molar-refractivity contribution in [2.45, 2.75) is 31.2 Å². The third-order valence-corrected chi connectivity index (χ3v) is 5.34. The summed E-state index contributed by atoms with van der Waals surface area (Å²) in [6.07, 6.45) is 2.41. The van der Waals surface area contributed by atoms with Crippen LogP contribution in [0.5, 0.6) is 0 Å². The molecule has 0 bridgehead atoms. The zero-order chi connectivity index (χ0) is 15.7. The number of nitrogens with one attached hydrogen (secondary N) is 1. The van der Waals surface area contributed by atoms with Gasteiger partial charge in [0.25, 0.3) is 0 Å². The average Bonchev–Trinajstić information content (AvgIpc) is 2.22. The number of amides is 1. The number of ether oxygens (including phenoxy) is 1. The molecule has 0 aliphatic heterocycles. The summed E-state index contributed by atoms with van der Waals surface area (Å²) >= 11 is -5.49. The van der Waals surface area contributed by atoms with Crippen molar-refractivity contribution in [1.29, 1.82) is 0 Å². The first-order valence-electron chi connectivity index (χ1n) is 5.62. The maximum absolute atomic E-state index is 11.6. The van der Waals surface area contributed by atoms with Crippen LogP contribution >= 0.6 is 0 Å². The summed E-state index contributed by atoms with van der Waals surface area (Å²) in [7, 11) is 0. The van der Waals surface area contributed by atoms with Crippen molar-refractivity contribution >= 4 is 26.0 Å². The number of allylic oxidation sites excluding steroid dienone is 2. The second-order valence-electron chi connectivity index (χ2n) is 4.44. The Morgan fingerprint density at radius 2 is 1.95 bits per heavy atom. The quantitative estimate of drug-likeness (QED) is 0.307. The van der Waals surface area contributed by atoms with Crippen molar-refractivity contribution in [3.8, 4) is 0 Å². The summed E-state index contributed by atoms with van der Waals surface area (Å²) in [4.78, 5) is 22.6. The number of esters is 1. The summed E-state index contributed by atoms with van der Waals surface area (Å²) in [6.45, 7) is 3.54. The normalized spacial score (nSPS) is 26.4. The minimum absolute atomic E-state index is 0.222. The topological polar surface area (TPSA) is 133 Å². The first kappa shape index (κ1) is 16.6. The fourth-order valence-corrected chi connectivity index (χ4v) is 4.13. The molecule has 4 N–H and O–H groups in total. The molecule has 1 aliphatic carbocycles. The van der Waals surface area contributed by atoms with E-state index < -0.39 is 42.2 Å². The molecule has 0 aromatic heterocycles. The van der Waals surface area contributed by atoms with Gasteiger partial charge < -0.3 is 0 Å². The standard InChI is InChI=1S/C11H16AsNO7/c1-6-4-5-9(12(17,18)19)11(10(6)16,13-7(2)14)20-8(3)15/h4-5,9,16H,1-3H3,(H,13,14)(H2,17,18,19). The minimum atomic E-state index is -5.49. The molecule has 0 radical (unpaired) electrons. The Bertz CT molecular complexity index is 529. The molecule has 1 amide bonds. The summed E-state index contributed by atoms with van der Waals surface area (Å²) in [6, 6.07) is 0. The summed E-state index contributed by atoms with van der Waals surface area (Å²) in [5, 5.41) is 12.3. The Balaban J connectivity index is 3.51. The van der Waals surface area contributed by atoms with E-state index in [1.807, 2.05) is 0 Å². The van der Waals surface area contributed by atoms with Gasteiger partial charge in [-0.25, -0.2) is 0 Å². The first-order chi connectivity index (χ1) is 9.00. The fourth-order valence-electron chi connectivity index (χ4n) is 1.99. The molecule has 0 spiro atoms. The van der Waals surface area contributed by atoms with Crippen molar-refractivity contribution < 1.29 is 31.4 Å². The molecule has 1 aliphatic rings. The molecule has 0 aromatic rings. The van der Waals surface area contributed by atoms with Crippen LogP contribution in [0.4, 0.5) is 0 Å². The third kappa shape index (κ3) is 3.14. The van der Waals surface area contributed by atoms with Crippen LogP contribution < -0.4 is 5.32 Å². The van der Waals surface area contributed by atoms with Gasteiger partial charge in [-0.05, 0) is 0 Å². The molecule has 0 saturated heterocycles. The van der Waals surface area contributed by atoms with Gasteiger partial charge in [0.2, 0.25) is 0 Å². The molecule has 0 fully saturated rings. The number of carbonyl (C=O) groups excluding carboxylic acids is 2. The van der Waals surface area contributed by atoms with E-state index in [2.05, 4.69) is 5.32 Å². The first-order valence-corrected chi connectivity index (χ1v) is 9.15. The zero-order valence-electron chi connectivity index (χ0n) is 11.2. The third-order valence-electron chi connectivity index (χ3n) is 2.70. The molecule has 0 aromatic carbocycles. The number of rotatable bonds is 3. The van der Waals surface area contributed by atoms with Crippen molar-refractivity contribution in [3.05, 3.63) is 23.5 Å².